The van der Waals surface area contributed by atoms with Gasteiger partial charge in [-0.2, -0.15) is 8.42 Å². The maximum absolute atomic E-state index is 13.5. The third-order valence-corrected chi connectivity index (χ3v) is 4.84. The molecule has 0 fully saturated rings. The van der Waals surface area contributed by atoms with E-state index >= 15 is 0 Å². The van der Waals surface area contributed by atoms with Crippen molar-refractivity contribution in [3.8, 4) is 0 Å². The van der Waals surface area contributed by atoms with Crippen LogP contribution in [-0.2, 0) is 23.8 Å². The van der Waals surface area contributed by atoms with Gasteiger partial charge in [-0.1, -0.05) is 24.3 Å². The zero-order chi connectivity index (χ0) is 22.5. The summed E-state index contributed by atoms with van der Waals surface area (Å²) in [6.07, 6.45) is 0.772. The Morgan fingerprint density at radius 1 is 0.933 bits per heavy atom. The highest BCUT2D eigenvalue weighted by atomic mass is 32.2. The van der Waals surface area contributed by atoms with Gasteiger partial charge in [-0.25, -0.2) is 8.78 Å². The molecule has 0 aliphatic heterocycles. The summed E-state index contributed by atoms with van der Waals surface area (Å²) in [4.78, 5) is 12.5. The van der Waals surface area contributed by atoms with Gasteiger partial charge in [0.1, 0.15) is 17.2 Å². The fourth-order valence-electron chi connectivity index (χ4n) is 3.16. The summed E-state index contributed by atoms with van der Waals surface area (Å²) in [5.41, 5.74) is 0.544. The molecule has 2 aromatic rings. The second-order valence-corrected chi connectivity index (χ2v) is 9.76. The average molecular weight is 441 g/mol. The van der Waals surface area contributed by atoms with E-state index in [9.17, 15) is 22.0 Å². The summed E-state index contributed by atoms with van der Waals surface area (Å²) in [6.45, 7) is 4.89. The van der Waals surface area contributed by atoms with Gasteiger partial charge >= 0.3 is 5.97 Å². The van der Waals surface area contributed by atoms with Gasteiger partial charge in [-0.05, 0) is 56.2 Å². The van der Waals surface area contributed by atoms with Gasteiger partial charge in [-0.3, -0.25) is 8.98 Å². The molecule has 0 heterocycles. The Labute approximate surface area is 176 Å². The molecular weight excluding hydrogens is 414 g/mol. The third kappa shape index (κ3) is 7.84. The molecule has 0 spiro atoms. The highest BCUT2D eigenvalue weighted by Gasteiger charge is 2.30. The van der Waals surface area contributed by atoms with E-state index < -0.39 is 45.2 Å². The number of halogens is 2. The lowest BCUT2D eigenvalue weighted by Gasteiger charge is -2.29. The van der Waals surface area contributed by atoms with Crippen molar-refractivity contribution in [1.29, 1.82) is 0 Å². The van der Waals surface area contributed by atoms with Gasteiger partial charge in [0.2, 0.25) is 0 Å². The molecule has 0 N–H and O–H groups in total. The lowest BCUT2D eigenvalue weighted by molar-refractivity contribution is -0.156. The van der Waals surface area contributed by atoms with Crippen LogP contribution in [0.1, 0.15) is 44.2 Å². The number of ether oxygens (including phenoxy) is 1. The van der Waals surface area contributed by atoms with Gasteiger partial charge in [0.05, 0.1) is 19.3 Å². The topological polar surface area (TPSA) is 69.7 Å². The van der Waals surface area contributed by atoms with Crippen molar-refractivity contribution in [2.24, 2.45) is 5.92 Å². The number of hydrogen-bond acceptors (Lipinski definition) is 5. The maximum atomic E-state index is 13.5. The molecule has 5 nitrogen and oxygen atoms in total. The van der Waals surface area contributed by atoms with Crippen molar-refractivity contribution in [2.75, 3.05) is 12.9 Å². The first-order valence-electron chi connectivity index (χ1n) is 9.41. The second-order valence-electron chi connectivity index (χ2n) is 8.12. The van der Waals surface area contributed by atoms with E-state index in [0.717, 1.165) is 6.26 Å². The van der Waals surface area contributed by atoms with Gasteiger partial charge in [-0.15, -0.1) is 0 Å². The van der Waals surface area contributed by atoms with Crippen LogP contribution >= 0.6 is 0 Å². The molecule has 1 atom stereocenters. The monoisotopic (exact) mass is 440 g/mol. The molecule has 0 amide bonds. The normalized spacial score (nSPS) is 13.3. The molecule has 2 rings (SSSR count). The fraction of sp³-hybridized carbons (Fsp3) is 0.409. The third-order valence-electron chi connectivity index (χ3n) is 4.27. The van der Waals surface area contributed by atoms with Crippen LogP contribution in [0, 0.1) is 17.6 Å². The second kappa shape index (κ2) is 9.66. The summed E-state index contributed by atoms with van der Waals surface area (Å²) in [5, 5.41) is 0. The zero-order valence-electron chi connectivity index (χ0n) is 17.4. The quantitative estimate of drug-likeness (QED) is 0.449. The molecule has 0 unspecified atom stereocenters. The van der Waals surface area contributed by atoms with Crippen molar-refractivity contribution < 1.29 is 30.9 Å². The molecule has 0 aromatic heterocycles. The smallest absolute Gasteiger partial charge is 0.306 e. The number of esters is 1. The summed E-state index contributed by atoms with van der Waals surface area (Å²) < 4.78 is 60.6. The minimum atomic E-state index is -3.77. The highest BCUT2D eigenvalue weighted by molar-refractivity contribution is 7.85. The van der Waals surface area contributed by atoms with Crippen LogP contribution in [0.4, 0.5) is 8.78 Å². The first-order valence-corrected chi connectivity index (χ1v) is 11.2. The van der Waals surface area contributed by atoms with Crippen molar-refractivity contribution in [3.63, 3.8) is 0 Å². The van der Waals surface area contributed by atoms with Crippen LogP contribution in [0.2, 0.25) is 0 Å². The zero-order valence-corrected chi connectivity index (χ0v) is 18.2. The van der Waals surface area contributed by atoms with Crippen LogP contribution in [0.5, 0.6) is 0 Å². The standard InChI is InChI=1S/C22H26F2O5S/c1-22(2,3)29-20(25)13-17(14-28-30(4,26)27)21(15-5-9-18(23)10-6-15)16-7-11-19(24)12-8-16/h5-12,17,21H,13-14H2,1-4H3/t17-/m1/s1. The largest absolute Gasteiger partial charge is 0.460 e. The van der Waals surface area contributed by atoms with Gasteiger partial charge in [0.25, 0.3) is 10.1 Å². The minimum Gasteiger partial charge on any atom is -0.460 e. The molecule has 0 saturated carbocycles. The molecule has 0 radical (unpaired) electrons. The summed E-state index contributed by atoms with van der Waals surface area (Å²) in [6, 6.07) is 11.3. The molecule has 0 aliphatic rings. The SMILES string of the molecule is CC(C)(C)OC(=O)C[C@H](COS(C)(=O)=O)C(c1ccc(F)cc1)c1ccc(F)cc1. The predicted molar refractivity (Wildman–Crippen MR) is 109 cm³/mol. The van der Waals surface area contributed by atoms with Crippen molar-refractivity contribution in [3.05, 3.63) is 71.3 Å². The number of carbonyl (C=O) groups is 1. The van der Waals surface area contributed by atoms with Crippen molar-refractivity contribution in [2.45, 2.75) is 38.7 Å². The Morgan fingerprint density at radius 3 is 1.73 bits per heavy atom. The van der Waals surface area contributed by atoms with Crippen LogP contribution in [-0.4, -0.2) is 32.9 Å². The molecule has 30 heavy (non-hydrogen) atoms. The Hall–Kier alpha value is -2.32. The average Bonchev–Trinajstić information content (AvgIpc) is 2.60. The number of benzene rings is 2. The maximum Gasteiger partial charge on any atom is 0.306 e. The van der Waals surface area contributed by atoms with Gasteiger partial charge < -0.3 is 4.74 Å². The lowest BCUT2D eigenvalue weighted by Crippen LogP contribution is -2.29. The van der Waals surface area contributed by atoms with Gasteiger partial charge in [0, 0.05) is 11.8 Å². The Kier molecular flexibility index (Phi) is 7.71. The van der Waals surface area contributed by atoms with E-state index in [4.69, 9.17) is 8.92 Å². The number of carbonyl (C=O) groups excluding carboxylic acids is 1. The molecule has 0 saturated heterocycles. The van der Waals surface area contributed by atoms with E-state index in [0.29, 0.717) is 11.1 Å². The van der Waals surface area contributed by atoms with Crippen LogP contribution in [0.15, 0.2) is 48.5 Å². The van der Waals surface area contributed by atoms with E-state index in [-0.39, 0.29) is 13.0 Å². The van der Waals surface area contributed by atoms with Crippen molar-refractivity contribution >= 4 is 16.1 Å². The minimum absolute atomic E-state index is 0.147. The number of rotatable bonds is 8. The summed E-state index contributed by atoms with van der Waals surface area (Å²) in [5.74, 6) is -2.62. The van der Waals surface area contributed by atoms with E-state index in [2.05, 4.69) is 0 Å². The van der Waals surface area contributed by atoms with E-state index in [1.807, 2.05) is 0 Å². The summed E-state index contributed by atoms with van der Waals surface area (Å²) in [7, 11) is -3.77. The Morgan fingerprint density at radius 2 is 1.37 bits per heavy atom. The number of hydrogen-bond donors (Lipinski definition) is 0. The molecular formula is C22H26F2O5S. The first-order chi connectivity index (χ1) is 13.8. The van der Waals surface area contributed by atoms with Crippen LogP contribution < -0.4 is 0 Å². The van der Waals surface area contributed by atoms with E-state index in [1.54, 1.807) is 45.0 Å². The van der Waals surface area contributed by atoms with Crippen molar-refractivity contribution in [1.82, 2.24) is 0 Å². The predicted octanol–water partition coefficient (Wildman–Crippen LogP) is 4.42. The Bertz CT molecular complexity index is 903. The van der Waals surface area contributed by atoms with Crippen LogP contribution in [0.25, 0.3) is 0 Å². The molecule has 8 heteroatoms. The fourth-order valence-corrected chi connectivity index (χ4v) is 3.58. The molecule has 0 aliphatic carbocycles. The Balaban J connectivity index is 2.47. The van der Waals surface area contributed by atoms with E-state index in [1.165, 1.54) is 24.3 Å². The molecule has 0 bridgehead atoms. The summed E-state index contributed by atoms with van der Waals surface area (Å²) >= 11 is 0. The van der Waals surface area contributed by atoms with Gasteiger partial charge in [0.15, 0.2) is 0 Å². The van der Waals surface area contributed by atoms with Crippen LogP contribution in [0.3, 0.4) is 0 Å². The highest BCUT2D eigenvalue weighted by Crippen LogP contribution is 2.35. The first kappa shape index (κ1) is 24.0. The molecule has 164 valence electrons. The lowest BCUT2D eigenvalue weighted by atomic mass is 9.79. The molecule has 2 aromatic carbocycles.